The minimum Gasteiger partial charge on any atom is -0.481 e. The maximum absolute atomic E-state index is 12.2. The van der Waals surface area contributed by atoms with Crippen molar-refractivity contribution in [1.29, 1.82) is 0 Å². The summed E-state index contributed by atoms with van der Waals surface area (Å²) < 4.78 is 0. The average molecular weight is 296 g/mol. The normalized spacial score (nSPS) is 15.9. The maximum atomic E-state index is 12.2. The molecule has 20 heavy (non-hydrogen) atoms. The first-order chi connectivity index (χ1) is 9.56. The number of hydrogen-bond acceptors (Lipinski definition) is 4. The van der Waals surface area contributed by atoms with E-state index < -0.39 is 5.97 Å². The molecule has 1 amide bonds. The predicted octanol–water partition coefficient (Wildman–Crippen LogP) is 2.02. The fourth-order valence-electron chi connectivity index (χ4n) is 2.43. The van der Waals surface area contributed by atoms with Crippen LogP contribution >= 0.6 is 11.3 Å². The van der Waals surface area contributed by atoms with Crippen molar-refractivity contribution in [2.45, 2.75) is 45.4 Å². The molecule has 0 aromatic carbocycles. The lowest BCUT2D eigenvalue weighted by Gasteiger charge is -2.19. The highest BCUT2D eigenvalue weighted by Crippen LogP contribution is 2.20. The van der Waals surface area contributed by atoms with E-state index in [1.165, 1.54) is 24.2 Å². The number of carboxylic acids is 1. The van der Waals surface area contributed by atoms with Gasteiger partial charge in [0.05, 0.1) is 18.5 Å². The highest BCUT2D eigenvalue weighted by Gasteiger charge is 2.18. The van der Waals surface area contributed by atoms with Crippen molar-refractivity contribution in [2.24, 2.45) is 0 Å². The molecule has 1 aliphatic rings. The molecule has 0 unspecified atom stereocenters. The third-order valence-electron chi connectivity index (χ3n) is 3.51. The molecule has 5 nitrogen and oxygen atoms in total. The van der Waals surface area contributed by atoms with E-state index >= 15 is 0 Å². The van der Waals surface area contributed by atoms with Crippen LogP contribution in [-0.4, -0.2) is 40.0 Å². The van der Waals surface area contributed by atoms with Gasteiger partial charge in [-0.15, -0.1) is 11.3 Å². The highest BCUT2D eigenvalue weighted by atomic mass is 32.1. The SMILES string of the molecule is Cc1nc(CC(=O)N2CCCCCC2)sc1CC(=O)O. The van der Waals surface area contributed by atoms with Crippen LogP contribution < -0.4 is 0 Å². The van der Waals surface area contributed by atoms with Gasteiger partial charge < -0.3 is 10.0 Å². The molecule has 2 rings (SSSR count). The first-order valence-electron chi connectivity index (χ1n) is 7.01. The number of carbonyl (C=O) groups is 2. The number of aryl methyl sites for hydroxylation is 1. The first kappa shape index (κ1) is 15.0. The standard InChI is InChI=1S/C14H20N2O3S/c1-10-11(8-14(18)19)20-12(15-10)9-13(17)16-6-4-2-3-5-7-16/h2-9H2,1H3,(H,18,19). The van der Waals surface area contributed by atoms with Gasteiger partial charge in [0.2, 0.25) is 5.91 Å². The van der Waals surface area contributed by atoms with Gasteiger partial charge in [0.15, 0.2) is 0 Å². The van der Waals surface area contributed by atoms with Gasteiger partial charge in [0.1, 0.15) is 5.01 Å². The molecule has 0 bridgehead atoms. The summed E-state index contributed by atoms with van der Waals surface area (Å²) in [4.78, 5) is 30.0. The fourth-order valence-corrected chi connectivity index (χ4v) is 3.48. The molecule has 1 saturated heterocycles. The molecule has 1 aliphatic heterocycles. The van der Waals surface area contributed by atoms with Gasteiger partial charge in [-0.2, -0.15) is 0 Å². The van der Waals surface area contributed by atoms with Crippen LogP contribution in [0.4, 0.5) is 0 Å². The average Bonchev–Trinajstić information content (AvgIpc) is 2.61. The van der Waals surface area contributed by atoms with Gasteiger partial charge in [-0.25, -0.2) is 4.98 Å². The molecule has 1 aromatic heterocycles. The van der Waals surface area contributed by atoms with Gasteiger partial charge in [-0.3, -0.25) is 9.59 Å². The Hall–Kier alpha value is -1.43. The van der Waals surface area contributed by atoms with Crippen LogP contribution in [0.25, 0.3) is 0 Å². The van der Waals surface area contributed by atoms with E-state index in [9.17, 15) is 9.59 Å². The Balaban J connectivity index is 1.98. The second-order valence-corrected chi connectivity index (χ2v) is 6.33. The minimum absolute atomic E-state index is 0.0125. The van der Waals surface area contributed by atoms with E-state index in [0.717, 1.165) is 41.5 Å². The molecule has 110 valence electrons. The smallest absolute Gasteiger partial charge is 0.308 e. The molecule has 0 radical (unpaired) electrons. The van der Waals surface area contributed by atoms with Crippen LogP contribution in [0.3, 0.4) is 0 Å². The zero-order chi connectivity index (χ0) is 14.5. The number of rotatable bonds is 4. The highest BCUT2D eigenvalue weighted by molar-refractivity contribution is 7.11. The third-order valence-corrected chi connectivity index (χ3v) is 4.67. The summed E-state index contributed by atoms with van der Waals surface area (Å²) in [5.41, 5.74) is 0.732. The van der Waals surface area contributed by atoms with Crippen molar-refractivity contribution in [1.82, 2.24) is 9.88 Å². The zero-order valence-electron chi connectivity index (χ0n) is 11.7. The molecule has 0 spiro atoms. The van der Waals surface area contributed by atoms with Crippen LogP contribution in [0, 0.1) is 6.92 Å². The largest absolute Gasteiger partial charge is 0.481 e. The molecule has 1 aromatic rings. The lowest BCUT2D eigenvalue weighted by atomic mass is 10.2. The second-order valence-electron chi connectivity index (χ2n) is 5.16. The number of hydrogen-bond donors (Lipinski definition) is 1. The number of aliphatic carboxylic acids is 1. The van der Waals surface area contributed by atoms with Crippen LogP contribution in [-0.2, 0) is 22.4 Å². The number of amides is 1. The Morgan fingerprint density at radius 3 is 2.45 bits per heavy atom. The summed E-state index contributed by atoms with van der Waals surface area (Å²) in [7, 11) is 0. The Kier molecular flexibility index (Phi) is 5.11. The van der Waals surface area contributed by atoms with Gasteiger partial charge in [0.25, 0.3) is 0 Å². The first-order valence-corrected chi connectivity index (χ1v) is 7.82. The van der Waals surface area contributed by atoms with Crippen LogP contribution in [0.1, 0.15) is 41.3 Å². The van der Waals surface area contributed by atoms with Crippen molar-refractivity contribution in [3.8, 4) is 0 Å². The van der Waals surface area contributed by atoms with Crippen LogP contribution in [0.5, 0.6) is 0 Å². The van der Waals surface area contributed by atoms with Gasteiger partial charge in [-0.1, -0.05) is 12.8 Å². The molecule has 0 atom stereocenters. The number of thiazole rings is 1. The molecule has 6 heteroatoms. The van der Waals surface area contributed by atoms with E-state index in [2.05, 4.69) is 4.98 Å². The van der Waals surface area contributed by atoms with Crippen molar-refractivity contribution >= 4 is 23.2 Å². The monoisotopic (exact) mass is 296 g/mol. The van der Waals surface area contributed by atoms with Crippen molar-refractivity contribution < 1.29 is 14.7 Å². The van der Waals surface area contributed by atoms with Gasteiger partial charge in [0, 0.05) is 18.0 Å². The quantitative estimate of drug-likeness (QED) is 0.923. The summed E-state index contributed by atoms with van der Waals surface area (Å²) in [6.07, 6.45) is 4.83. The summed E-state index contributed by atoms with van der Waals surface area (Å²) >= 11 is 1.35. The molecule has 0 saturated carbocycles. The summed E-state index contributed by atoms with van der Waals surface area (Å²) in [6.45, 7) is 3.48. The predicted molar refractivity (Wildman–Crippen MR) is 76.9 cm³/mol. The molecule has 1 N–H and O–H groups in total. The fraction of sp³-hybridized carbons (Fsp3) is 0.643. The Morgan fingerprint density at radius 1 is 1.20 bits per heavy atom. The summed E-state index contributed by atoms with van der Waals surface area (Å²) in [5, 5.41) is 9.55. The lowest BCUT2D eigenvalue weighted by molar-refractivity contribution is -0.136. The number of carbonyl (C=O) groups excluding carboxylic acids is 1. The topological polar surface area (TPSA) is 70.5 Å². The summed E-state index contributed by atoms with van der Waals surface area (Å²) in [6, 6.07) is 0. The Labute approximate surface area is 122 Å². The molecule has 0 aliphatic carbocycles. The van der Waals surface area contributed by atoms with Crippen molar-refractivity contribution in [2.75, 3.05) is 13.1 Å². The second kappa shape index (κ2) is 6.83. The van der Waals surface area contributed by atoms with Crippen LogP contribution in [0.15, 0.2) is 0 Å². The number of nitrogens with zero attached hydrogens (tertiary/aromatic N) is 2. The summed E-state index contributed by atoms with van der Waals surface area (Å²) in [5.74, 6) is -0.746. The third kappa shape index (κ3) is 4.03. The Bertz CT molecular complexity index is 491. The van der Waals surface area contributed by atoms with Gasteiger partial charge in [-0.05, 0) is 19.8 Å². The van der Waals surface area contributed by atoms with E-state index in [1.807, 2.05) is 4.90 Å². The van der Waals surface area contributed by atoms with E-state index in [0.29, 0.717) is 6.42 Å². The number of aromatic nitrogens is 1. The van der Waals surface area contributed by atoms with Crippen molar-refractivity contribution in [3.05, 3.63) is 15.6 Å². The molecular formula is C14H20N2O3S. The minimum atomic E-state index is -0.859. The maximum Gasteiger partial charge on any atom is 0.308 e. The van der Waals surface area contributed by atoms with E-state index in [-0.39, 0.29) is 12.3 Å². The van der Waals surface area contributed by atoms with Crippen LogP contribution in [0.2, 0.25) is 0 Å². The lowest BCUT2D eigenvalue weighted by Crippen LogP contribution is -2.33. The molecular weight excluding hydrogens is 276 g/mol. The van der Waals surface area contributed by atoms with Crippen molar-refractivity contribution in [3.63, 3.8) is 0 Å². The Morgan fingerprint density at radius 2 is 1.85 bits per heavy atom. The van der Waals surface area contributed by atoms with E-state index in [4.69, 9.17) is 5.11 Å². The molecule has 1 fully saturated rings. The van der Waals surface area contributed by atoms with Gasteiger partial charge >= 0.3 is 5.97 Å². The number of carboxylic acid groups (broad SMARTS) is 1. The zero-order valence-corrected chi connectivity index (χ0v) is 12.5. The van der Waals surface area contributed by atoms with E-state index in [1.54, 1.807) is 6.92 Å². The molecule has 2 heterocycles. The number of likely N-dealkylation sites (tertiary alicyclic amines) is 1.